The van der Waals surface area contributed by atoms with Gasteiger partial charge in [0.15, 0.2) is 0 Å². The lowest BCUT2D eigenvalue weighted by Gasteiger charge is -2.22. The normalized spacial score (nSPS) is 21.8. The Balaban J connectivity index is 1.81. The largest absolute Gasteiger partial charge is 0.396 e. The van der Waals surface area contributed by atoms with Gasteiger partial charge in [0.1, 0.15) is 0 Å². The first-order valence-electron chi connectivity index (χ1n) is 5.67. The maximum Gasteiger partial charge on any atom is 0.0822 e. The number of nitrogen functional groups attached to an aromatic ring is 1. The third-order valence-electron chi connectivity index (χ3n) is 2.94. The number of anilines is 1. The molecule has 0 radical (unpaired) electrons. The quantitative estimate of drug-likeness (QED) is 0.824. The summed E-state index contributed by atoms with van der Waals surface area (Å²) in [7, 11) is 0. The fraction of sp³-hybridized carbons (Fsp3) is 0.727. The summed E-state index contributed by atoms with van der Waals surface area (Å²) in [6.45, 7) is 3.76. The maximum absolute atomic E-state index is 5.73. The summed E-state index contributed by atoms with van der Waals surface area (Å²) < 4.78 is 7.58. The van der Waals surface area contributed by atoms with Crippen LogP contribution in [0.1, 0.15) is 31.4 Å². The molecule has 2 N–H and O–H groups in total. The first-order chi connectivity index (χ1) is 7.25. The Labute approximate surface area is 90.4 Å². The monoisotopic (exact) mass is 209 g/mol. The minimum atomic E-state index is 0.421. The first kappa shape index (κ1) is 10.5. The summed E-state index contributed by atoms with van der Waals surface area (Å²) in [5, 5.41) is 4.33. The Morgan fingerprint density at radius 2 is 2.47 bits per heavy atom. The SMILES string of the molecule is Cc1nn(CCC2CCCCO2)cc1N. The van der Waals surface area contributed by atoms with E-state index in [9.17, 15) is 0 Å². The van der Waals surface area contributed by atoms with Gasteiger partial charge in [0.05, 0.1) is 17.5 Å². The van der Waals surface area contributed by atoms with Gasteiger partial charge in [-0.25, -0.2) is 0 Å². The minimum Gasteiger partial charge on any atom is -0.396 e. The van der Waals surface area contributed by atoms with Gasteiger partial charge in [0.2, 0.25) is 0 Å². The second-order valence-electron chi connectivity index (χ2n) is 4.21. The molecular formula is C11H19N3O. The number of rotatable bonds is 3. The Morgan fingerprint density at radius 1 is 1.60 bits per heavy atom. The first-order valence-corrected chi connectivity index (χ1v) is 5.67. The summed E-state index contributed by atoms with van der Waals surface area (Å²) in [5.74, 6) is 0. The van der Waals surface area contributed by atoms with Gasteiger partial charge in [-0.2, -0.15) is 5.10 Å². The van der Waals surface area contributed by atoms with E-state index in [1.807, 2.05) is 17.8 Å². The fourth-order valence-electron chi connectivity index (χ4n) is 1.96. The van der Waals surface area contributed by atoms with Crippen molar-refractivity contribution in [3.8, 4) is 0 Å². The van der Waals surface area contributed by atoms with Gasteiger partial charge in [-0.05, 0) is 32.6 Å². The predicted molar refractivity (Wildman–Crippen MR) is 59.6 cm³/mol. The van der Waals surface area contributed by atoms with Crippen molar-refractivity contribution in [3.05, 3.63) is 11.9 Å². The molecule has 4 heteroatoms. The topological polar surface area (TPSA) is 53.1 Å². The van der Waals surface area contributed by atoms with Crippen LogP contribution >= 0.6 is 0 Å². The molecule has 0 bridgehead atoms. The van der Waals surface area contributed by atoms with E-state index >= 15 is 0 Å². The molecule has 0 aliphatic carbocycles. The van der Waals surface area contributed by atoms with Crippen molar-refractivity contribution >= 4 is 5.69 Å². The number of hydrogen-bond donors (Lipinski definition) is 1. The summed E-state index contributed by atoms with van der Waals surface area (Å²) >= 11 is 0. The standard InChI is InChI=1S/C11H19N3O/c1-9-11(12)8-14(13-9)6-5-10-4-2-3-7-15-10/h8,10H,2-7,12H2,1H3. The number of nitrogens with zero attached hydrogens (tertiary/aromatic N) is 2. The highest BCUT2D eigenvalue weighted by atomic mass is 16.5. The Hall–Kier alpha value is -1.03. The van der Waals surface area contributed by atoms with Crippen LogP contribution < -0.4 is 5.73 Å². The van der Waals surface area contributed by atoms with Crippen molar-refractivity contribution in [3.63, 3.8) is 0 Å². The van der Waals surface area contributed by atoms with Crippen LogP contribution in [-0.2, 0) is 11.3 Å². The molecule has 1 aliphatic rings. The van der Waals surface area contributed by atoms with Gasteiger partial charge in [-0.15, -0.1) is 0 Å². The smallest absolute Gasteiger partial charge is 0.0822 e. The van der Waals surface area contributed by atoms with Crippen molar-refractivity contribution in [2.45, 2.75) is 45.3 Å². The van der Waals surface area contributed by atoms with Crippen LogP contribution in [0.2, 0.25) is 0 Å². The predicted octanol–water partition coefficient (Wildman–Crippen LogP) is 1.73. The van der Waals surface area contributed by atoms with Crippen molar-refractivity contribution < 1.29 is 4.74 Å². The third kappa shape index (κ3) is 2.72. The highest BCUT2D eigenvalue weighted by Gasteiger charge is 2.13. The molecule has 0 aromatic carbocycles. The molecular weight excluding hydrogens is 190 g/mol. The Kier molecular flexibility index (Phi) is 3.26. The van der Waals surface area contributed by atoms with E-state index in [0.717, 1.165) is 31.0 Å². The van der Waals surface area contributed by atoms with Crippen molar-refractivity contribution in [1.82, 2.24) is 9.78 Å². The molecule has 0 saturated carbocycles. The van der Waals surface area contributed by atoms with Crippen LogP contribution in [-0.4, -0.2) is 22.5 Å². The number of aryl methyl sites for hydroxylation is 2. The summed E-state index contributed by atoms with van der Waals surface area (Å²) in [5.41, 5.74) is 7.43. The molecule has 15 heavy (non-hydrogen) atoms. The summed E-state index contributed by atoms with van der Waals surface area (Å²) in [4.78, 5) is 0. The van der Waals surface area contributed by atoms with E-state index in [4.69, 9.17) is 10.5 Å². The van der Waals surface area contributed by atoms with Crippen molar-refractivity contribution in [2.75, 3.05) is 12.3 Å². The molecule has 2 heterocycles. The van der Waals surface area contributed by atoms with Gasteiger partial charge >= 0.3 is 0 Å². The number of ether oxygens (including phenoxy) is 1. The van der Waals surface area contributed by atoms with Crippen LogP contribution in [0.15, 0.2) is 6.20 Å². The molecule has 0 amide bonds. The summed E-state index contributed by atoms with van der Waals surface area (Å²) in [6.07, 6.45) is 7.06. The highest BCUT2D eigenvalue weighted by molar-refractivity contribution is 5.39. The van der Waals surface area contributed by atoms with E-state index in [0.29, 0.717) is 6.10 Å². The minimum absolute atomic E-state index is 0.421. The second-order valence-corrected chi connectivity index (χ2v) is 4.21. The van der Waals surface area contributed by atoms with Gasteiger partial charge in [-0.3, -0.25) is 4.68 Å². The van der Waals surface area contributed by atoms with E-state index in [2.05, 4.69) is 5.10 Å². The van der Waals surface area contributed by atoms with Crippen molar-refractivity contribution in [2.24, 2.45) is 0 Å². The van der Waals surface area contributed by atoms with Gasteiger partial charge < -0.3 is 10.5 Å². The van der Waals surface area contributed by atoms with E-state index in [1.54, 1.807) is 0 Å². The molecule has 84 valence electrons. The average Bonchev–Trinajstić information content (AvgIpc) is 2.57. The van der Waals surface area contributed by atoms with Crippen LogP contribution in [0.4, 0.5) is 5.69 Å². The van der Waals surface area contributed by atoms with E-state index < -0.39 is 0 Å². The van der Waals surface area contributed by atoms with Gasteiger partial charge in [0.25, 0.3) is 0 Å². The molecule has 1 unspecified atom stereocenters. The maximum atomic E-state index is 5.73. The average molecular weight is 209 g/mol. The molecule has 1 aromatic heterocycles. The molecule has 1 aromatic rings. The molecule has 0 spiro atoms. The Bertz CT molecular complexity index is 296. The second kappa shape index (κ2) is 4.66. The molecule has 2 rings (SSSR count). The zero-order valence-corrected chi connectivity index (χ0v) is 9.28. The molecule has 1 atom stereocenters. The van der Waals surface area contributed by atoms with Crippen LogP contribution in [0.5, 0.6) is 0 Å². The lowest BCUT2D eigenvalue weighted by molar-refractivity contribution is 0.00827. The molecule has 4 nitrogen and oxygen atoms in total. The summed E-state index contributed by atoms with van der Waals surface area (Å²) in [6, 6.07) is 0. The number of hydrogen-bond acceptors (Lipinski definition) is 3. The lowest BCUT2D eigenvalue weighted by atomic mass is 10.1. The zero-order chi connectivity index (χ0) is 10.7. The fourth-order valence-corrected chi connectivity index (χ4v) is 1.96. The molecule has 1 saturated heterocycles. The van der Waals surface area contributed by atoms with Crippen LogP contribution in [0, 0.1) is 6.92 Å². The Morgan fingerprint density at radius 3 is 3.07 bits per heavy atom. The highest BCUT2D eigenvalue weighted by Crippen LogP contribution is 2.16. The van der Waals surface area contributed by atoms with E-state index in [1.165, 1.54) is 19.3 Å². The molecule has 1 fully saturated rings. The van der Waals surface area contributed by atoms with Gasteiger partial charge in [-0.1, -0.05) is 0 Å². The van der Waals surface area contributed by atoms with Gasteiger partial charge in [0, 0.05) is 19.3 Å². The lowest BCUT2D eigenvalue weighted by Crippen LogP contribution is -2.20. The molecule has 1 aliphatic heterocycles. The van der Waals surface area contributed by atoms with Crippen LogP contribution in [0.25, 0.3) is 0 Å². The third-order valence-corrected chi connectivity index (χ3v) is 2.94. The van der Waals surface area contributed by atoms with E-state index in [-0.39, 0.29) is 0 Å². The van der Waals surface area contributed by atoms with Crippen LogP contribution in [0.3, 0.4) is 0 Å². The number of aromatic nitrogens is 2. The zero-order valence-electron chi connectivity index (χ0n) is 9.28. The van der Waals surface area contributed by atoms with Crippen molar-refractivity contribution in [1.29, 1.82) is 0 Å². The number of nitrogens with two attached hydrogens (primary N) is 1.